The molecule has 0 fully saturated rings. The maximum atomic E-state index is 12.9. The van der Waals surface area contributed by atoms with Crippen LogP contribution < -0.4 is 0 Å². The number of ether oxygens (including phenoxy) is 3. The van der Waals surface area contributed by atoms with Crippen molar-refractivity contribution in [3.05, 3.63) is 109 Å². The van der Waals surface area contributed by atoms with E-state index in [1.54, 1.807) is 0 Å². The summed E-state index contributed by atoms with van der Waals surface area (Å²) in [6, 6.07) is 0. The van der Waals surface area contributed by atoms with Crippen LogP contribution in [0, 0.1) is 0 Å². The van der Waals surface area contributed by atoms with Gasteiger partial charge in [-0.05, 0) is 109 Å². The van der Waals surface area contributed by atoms with E-state index in [0.29, 0.717) is 19.3 Å². The number of hydrogen-bond donors (Lipinski definition) is 0. The molecule has 0 saturated carbocycles. The molecule has 0 rings (SSSR count). The van der Waals surface area contributed by atoms with E-state index in [-0.39, 0.29) is 31.1 Å². The van der Waals surface area contributed by atoms with Gasteiger partial charge in [-0.3, -0.25) is 14.4 Å². The molecule has 0 aromatic heterocycles. The van der Waals surface area contributed by atoms with Crippen LogP contribution >= 0.6 is 0 Å². The van der Waals surface area contributed by atoms with Gasteiger partial charge in [-0.15, -0.1) is 0 Å². The summed E-state index contributed by atoms with van der Waals surface area (Å²) in [4.78, 5) is 38.3. The van der Waals surface area contributed by atoms with Gasteiger partial charge in [0, 0.05) is 19.3 Å². The average Bonchev–Trinajstić information content (AvgIpc) is 3.44. The Balaban J connectivity index is 4.37. The van der Waals surface area contributed by atoms with Gasteiger partial charge in [0.05, 0.1) is 0 Å². The van der Waals surface area contributed by atoms with E-state index in [2.05, 4.69) is 130 Å². The second-order valence-corrected chi connectivity index (χ2v) is 21.6. The molecule has 0 saturated heterocycles. The van der Waals surface area contributed by atoms with E-state index in [4.69, 9.17) is 14.2 Å². The summed E-state index contributed by atoms with van der Waals surface area (Å²) in [7, 11) is 0. The molecule has 0 aromatic rings. The summed E-state index contributed by atoms with van der Waals surface area (Å²) in [5.41, 5.74) is 0. The van der Waals surface area contributed by atoms with E-state index in [9.17, 15) is 14.4 Å². The monoisotopic (exact) mass is 1080 g/mol. The van der Waals surface area contributed by atoms with E-state index in [0.717, 1.165) is 122 Å². The normalized spacial score (nSPS) is 12.8. The van der Waals surface area contributed by atoms with Gasteiger partial charge in [0.25, 0.3) is 0 Å². The molecule has 0 spiro atoms. The van der Waals surface area contributed by atoms with Crippen LogP contribution in [0.4, 0.5) is 0 Å². The molecule has 6 heteroatoms. The summed E-state index contributed by atoms with van der Waals surface area (Å²) in [5, 5.41) is 0. The van der Waals surface area contributed by atoms with Gasteiger partial charge in [-0.1, -0.05) is 291 Å². The highest BCUT2D eigenvalue weighted by Gasteiger charge is 2.19. The highest BCUT2D eigenvalue weighted by Crippen LogP contribution is 2.16. The summed E-state index contributed by atoms with van der Waals surface area (Å²) in [6.07, 6.45) is 89.5. The topological polar surface area (TPSA) is 78.9 Å². The number of unbranched alkanes of at least 4 members (excludes halogenated alkanes) is 30. The highest BCUT2D eigenvalue weighted by atomic mass is 16.6. The van der Waals surface area contributed by atoms with Crippen LogP contribution in [0.5, 0.6) is 0 Å². The van der Waals surface area contributed by atoms with Crippen molar-refractivity contribution < 1.29 is 28.6 Å². The van der Waals surface area contributed by atoms with Crippen LogP contribution in [-0.4, -0.2) is 37.2 Å². The van der Waals surface area contributed by atoms with Gasteiger partial charge in [-0.25, -0.2) is 0 Å². The van der Waals surface area contributed by atoms with Gasteiger partial charge in [0.2, 0.25) is 0 Å². The lowest BCUT2D eigenvalue weighted by Crippen LogP contribution is -2.30. The molecule has 78 heavy (non-hydrogen) atoms. The highest BCUT2D eigenvalue weighted by molar-refractivity contribution is 5.71. The van der Waals surface area contributed by atoms with Gasteiger partial charge >= 0.3 is 17.9 Å². The lowest BCUT2D eigenvalue weighted by atomic mass is 10.0. The number of allylic oxidation sites excluding steroid dienone is 18. The molecule has 1 atom stereocenters. The predicted molar refractivity (Wildman–Crippen MR) is 339 cm³/mol. The molecule has 0 N–H and O–H groups in total. The van der Waals surface area contributed by atoms with E-state index >= 15 is 0 Å². The first kappa shape index (κ1) is 74.1. The largest absolute Gasteiger partial charge is 0.462 e. The number of carbonyl (C=O) groups excluding carboxylic acids is 3. The third kappa shape index (κ3) is 62.9. The Morgan fingerprint density at radius 2 is 0.500 bits per heavy atom. The molecule has 0 radical (unpaired) electrons. The van der Waals surface area contributed by atoms with Gasteiger partial charge in [0.15, 0.2) is 6.10 Å². The first-order chi connectivity index (χ1) is 38.5. The molecule has 0 aliphatic heterocycles. The van der Waals surface area contributed by atoms with Crippen LogP contribution in [0.2, 0.25) is 0 Å². The van der Waals surface area contributed by atoms with Crippen molar-refractivity contribution >= 4 is 17.9 Å². The molecule has 0 aliphatic rings. The van der Waals surface area contributed by atoms with Crippen molar-refractivity contribution in [3.63, 3.8) is 0 Å². The Morgan fingerprint density at radius 1 is 0.269 bits per heavy atom. The van der Waals surface area contributed by atoms with Crippen LogP contribution in [0.1, 0.15) is 310 Å². The van der Waals surface area contributed by atoms with E-state index < -0.39 is 6.10 Å². The predicted octanol–water partition coefficient (Wildman–Crippen LogP) is 22.6. The van der Waals surface area contributed by atoms with Crippen molar-refractivity contribution in [3.8, 4) is 0 Å². The van der Waals surface area contributed by atoms with Crippen molar-refractivity contribution in [1.29, 1.82) is 0 Å². The first-order valence-electron chi connectivity index (χ1n) is 32.9. The number of rotatable bonds is 59. The van der Waals surface area contributed by atoms with Gasteiger partial charge in [-0.2, -0.15) is 0 Å². The molecule has 6 nitrogen and oxygen atoms in total. The molecule has 0 amide bonds. The summed E-state index contributed by atoms with van der Waals surface area (Å²) >= 11 is 0. The lowest BCUT2D eigenvalue weighted by molar-refractivity contribution is -0.167. The smallest absolute Gasteiger partial charge is 0.306 e. The van der Waals surface area contributed by atoms with E-state index in [1.165, 1.54) is 148 Å². The van der Waals surface area contributed by atoms with Crippen molar-refractivity contribution in [1.82, 2.24) is 0 Å². The summed E-state index contributed by atoms with van der Waals surface area (Å²) < 4.78 is 16.9. The fourth-order valence-electron chi connectivity index (χ4n) is 9.10. The van der Waals surface area contributed by atoms with Gasteiger partial charge < -0.3 is 14.2 Å². The Kier molecular flexibility index (Phi) is 62.3. The lowest BCUT2D eigenvalue weighted by Gasteiger charge is -2.18. The SMILES string of the molecule is CC/C=C\C/C=C\C/C=C\C/C=C\C/C=C\C/C=C\C/C=C\C/C=C\CCCCCCC(=O)OCC(COC(=O)CCCCCCCCCCCCCCC)OC(=O)CCCCCCCCC/C=C\CCCCCCCCC. The fourth-order valence-corrected chi connectivity index (χ4v) is 9.10. The third-order valence-corrected chi connectivity index (χ3v) is 14.0. The number of esters is 3. The third-order valence-electron chi connectivity index (χ3n) is 14.0. The molecular formula is C72H122O6. The first-order valence-corrected chi connectivity index (χ1v) is 32.9. The number of carbonyl (C=O) groups is 3. The Hall–Kier alpha value is -3.93. The van der Waals surface area contributed by atoms with Crippen molar-refractivity contribution in [2.24, 2.45) is 0 Å². The van der Waals surface area contributed by atoms with Crippen LogP contribution in [0.15, 0.2) is 109 Å². The maximum absolute atomic E-state index is 12.9. The van der Waals surface area contributed by atoms with Crippen molar-refractivity contribution in [2.45, 2.75) is 316 Å². The van der Waals surface area contributed by atoms with Crippen LogP contribution in [-0.2, 0) is 28.6 Å². The zero-order valence-electron chi connectivity index (χ0n) is 51.2. The minimum Gasteiger partial charge on any atom is -0.462 e. The molecule has 446 valence electrons. The summed E-state index contributed by atoms with van der Waals surface area (Å²) in [6.45, 7) is 6.52. The fraction of sp³-hybridized carbons (Fsp3) is 0.708. The summed E-state index contributed by atoms with van der Waals surface area (Å²) in [5.74, 6) is -0.907. The molecule has 1 unspecified atom stereocenters. The van der Waals surface area contributed by atoms with E-state index in [1.807, 2.05) is 0 Å². The zero-order valence-corrected chi connectivity index (χ0v) is 51.2. The Labute approximate surface area is 482 Å². The Bertz CT molecular complexity index is 1570. The zero-order chi connectivity index (χ0) is 56.4. The standard InChI is InChI=1S/C72H122O6/c1-4-7-10-13-16-19-22-25-27-29-31-32-33-34-35-36-37-38-39-40-41-43-44-47-50-53-56-59-62-65-71(74)77-68-69(67-76-70(73)64-61-58-55-52-49-46-24-21-18-15-12-9-6-3)78-72(75)66-63-60-57-54-51-48-45-42-30-28-26-23-20-17-14-11-8-5-2/h7,10,16,19,25,27-28,30-32,34-35,37-38,40-41,44,47,69H,4-6,8-9,11-15,17-18,20-24,26,29,33,36,39,42-43,45-46,48-68H2,1-3H3/b10-7-,19-16-,27-25-,30-28-,32-31-,35-34-,38-37-,41-40-,47-44-. The Morgan fingerprint density at radius 3 is 0.795 bits per heavy atom. The molecule has 0 aromatic carbocycles. The quantitative estimate of drug-likeness (QED) is 0.0261. The minimum atomic E-state index is -0.792. The van der Waals surface area contributed by atoms with Crippen molar-refractivity contribution in [2.75, 3.05) is 13.2 Å². The second-order valence-electron chi connectivity index (χ2n) is 21.6. The number of hydrogen-bond acceptors (Lipinski definition) is 6. The van der Waals surface area contributed by atoms with Gasteiger partial charge in [0.1, 0.15) is 13.2 Å². The molecular weight excluding hydrogens is 961 g/mol. The maximum Gasteiger partial charge on any atom is 0.306 e. The van der Waals surface area contributed by atoms with Crippen LogP contribution in [0.3, 0.4) is 0 Å². The molecule has 0 heterocycles. The van der Waals surface area contributed by atoms with Crippen LogP contribution in [0.25, 0.3) is 0 Å². The molecule has 0 aliphatic carbocycles. The average molecular weight is 1080 g/mol. The minimum absolute atomic E-state index is 0.0859. The molecule has 0 bridgehead atoms. The second kappa shape index (κ2) is 65.6.